The maximum absolute atomic E-state index is 12.4. The molecule has 1 rings (SSSR count). The largest absolute Gasteiger partial charge is 0.463 e. The number of carbonyl (C=O) groups is 4. The van der Waals surface area contributed by atoms with Gasteiger partial charge in [-0.25, -0.2) is 9.59 Å². The molecule has 2 N–H and O–H groups in total. The molecule has 0 amide bonds. The van der Waals surface area contributed by atoms with E-state index >= 15 is 0 Å². The predicted molar refractivity (Wildman–Crippen MR) is 147 cm³/mol. The van der Waals surface area contributed by atoms with Gasteiger partial charge in [-0.3, -0.25) is 9.59 Å². The lowest BCUT2D eigenvalue weighted by molar-refractivity contribution is -0.255. The van der Waals surface area contributed by atoms with Crippen molar-refractivity contribution in [3.63, 3.8) is 0 Å². The first-order chi connectivity index (χ1) is 20.2. The second kappa shape index (κ2) is 22.5. The van der Waals surface area contributed by atoms with Gasteiger partial charge >= 0.3 is 23.9 Å². The van der Waals surface area contributed by atoms with E-state index in [0.29, 0.717) is 38.5 Å². The van der Waals surface area contributed by atoms with Crippen molar-refractivity contribution in [2.24, 2.45) is 0 Å². The summed E-state index contributed by atoms with van der Waals surface area (Å²) in [5.41, 5.74) is 0. The van der Waals surface area contributed by atoms with Crippen LogP contribution in [0.1, 0.15) is 64.2 Å². The van der Waals surface area contributed by atoms with Crippen molar-refractivity contribution >= 4 is 23.9 Å². The van der Waals surface area contributed by atoms with Gasteiger partial charge in [0.2, 0.25) is 6.29 Å². The molecule has 0 aliphatic carbocycles. The summed E-state index contributed by atoms with van der Waals surface area (Å²) in [6.45, 7) is 10.5. The first-order valence-electron chi connectivity index (χ1n) is 14.0. The number of hydrogen-bond donors (Lipinski definition) is 2. The molecule has 5 unspecified atom stereocenters. The predicted octanol–water partition coefficient (Wildman–Crippen LogP) is 2.38. The molecule has 1 heterocycles. The Morgan fingerprint density at radius 1 is 0.786 bits per heavy atom. The minimum Gasteiger partial charge on any atom is -0.463 e. The van der Waals surface area contributed by atoms with E-state index in [1.165, 1.54) is 6.08 Å². The third-order valence-corrected chi connectivity index (χ3v) is 5.87. The topological polar surface area (TPSA) is 173 Å². The molecule has 0 aromatic carbocycles. The summed E-state index contributed by atoms with van der Waals surface area (Å²) in [7, 11) is 0. The number of hydrogen-bond acceptors (Lipinski definition) is 13. The van der Waals surface area contributed by atoms with E-state index in [2.05, 4.69) is 19.7 Å². The number of esters is 4. The van der Waals surface area contributed by atoms with Gasteiger partial charge in [-0.15, -0.1) is 0 Å². The zero-order valence-electron chi connectivity index (χ0n) is 24.0. The van der Waals surface area contributed by atoms with Crippen molar-refractivity contribution in [3.05, 3.63) is 38.0 Å². The van der Waals surface area contributed by atoms with E-state index in [-0.39, 0.29) is 52.1 Å². The van der Waals surface area contributed by atoms with E-state index in [4.69, 9.17) is 33.2 Å². The van der Waals surface area contributed by atoms with Crippen LogP contribution >= 0.6 is 0 Å². The van der Waals surface area contributed by atoms with E-state index < -0.39 is 55.0 Å². The van der Waals surface area contributed by atoms with E-state index in [0.717, 1.165) is 12.2 Å². The minimum atomic E-state index is -1.20. The molecule has 0 saturated carbocycles. The summed E-state index contributed by atoms with van der Waals surface area (Å²) in [6, 6.07) is 0. The van der Waals surface area contributed by atoms with Gasteiger partial charge in [0, 0.05) is 31.4 Å². The van der Waals surface area contributed by atoms with Crippen LogP contribution in [0.4, 0.5) is 0 Å². The summed E-state index contributed by atoms with van der Waals surface area (Å²) in [5.74, 6) is -2.12. The van der Waals surface area contributed by atoms with Crippen LogP contribution in [0.15, 0.2) is 38.0 Å². The van der Waals surface area contributed by atoms with Crippen LogP contribution in [0, 0.1) is 0 Å². The highest BCUT2D eigenvalue weighted by molar-refractivity contribution is 5.81. The SMILES string of the molecule is C=CC(=O)OCCCCC(=O)OC1CC(OC(O)CCCCOC(O)C=C)C(OC(=O)CCCCOC(=O)C=C)CO1. The summed E-state index contributed by atoms with van der Waals surface area (Å²) in [6.07, 6.45) is 1.70. The standard InChI is InChI=1S/C29H44O13/c1-4-23(30)36-16-10-7-13-26(33)40-21-19-29(42-28(35)15-9-12-18-38-25(32)6-3)39-20-22(21)41-27(34)14-8-11-17-37-24(31)5-2/h4-6,21-23,26,29-30,33H,1-3,7-20H2. The zero-order chi connectivity index (χ0) is 31.2. The van der Waals surface area contributed by atoms with Gasteiger partial charge in [-0.2, -0.15) is 0 Å². The second-order valence-electron chi connectivity index (χ2n) is 9.30. The Bertz CT molecular complexity index is 858. The van der Waals surface area contributed by atoms with Crippen LogP contribution in [0.5, 0.6) is 0 Å². The Morgan fingerprint density at radius 2 is 1.36 bits per heavy atom. The molecule has 0 bridgehead atoms. The molecule has 0 aromatic heterocycles. The van der Waals surface area contributed by atoms with Crippen LogP contribution in [0.2, 0.25) is 0 Å². The molecule has 0 spiro atoms. The second-order valence-corrected chi connectivity index (χ2v) is 9.30. The molecule has 1 aliphatic heterocycles. The molecule has 1 saturated heterocycles. The summed E-state index contributed by atoms with van der Waals surface area (Å²) >= 11 is 0. The number of unbranched alkanes of at least 4 members (excludes halogenated alkanes) is 3. The van der Waals surface area contributed by atoms with Crippen LogP contribution in [0.3, 0.4) is 0 Å². The smallest absolute Gasteiger partial charge is 0.330 e. The summed E-state index contributed by atoms with van der Waals surface area (Å²) in [5, 5.41) is 19.8. The van der Waals surface area contributed by atoms with Crippen LogP contribution < -0.4 is 0 Å². The fourth-order valence-corrected chi connectivity index (χ4v) is 3.66. The Balaban J connectivity index is 2.57. The van der Waals surface area contributed by atoms with Crippen molar-refractivity contribution < 1.29 is 62.5 Å². The van der Waals surface area contributed by atoms with Crippen molar-refractivity contribution in [1.82, 2.24) is 0 Å². The first-order valence-corrected chi connectivity index (χ1v) is 14.0. The molecule has 5 atom stereocenters. The van der Waals surface area contributed by atoms with Gasteiger partial charge in [0.15, 0.2) is 18.7 Å². The Labute approximate surface area is 246 Å². The first kappa shape index (κ1) is 36.9. The molecule has 13 nitrogen and oxygen atoms in total. The maximum atomic E-state index is 12.4. The van der Waals surface area contributed by atoms with Gasteiger partial charge in [0.1, 0.15) is 6.10 Å². The number of ether oxygens (including phenoxy) is 7. The minimum absolute atomic E-state index is 0.0177. The molecule has 0 radical (unpaired) electrons. The summed E-state index contributed by atoms with van der Waals surface area (Å²) < 4.78 is 37.1. The van der Waals surface area contributed by atoms with Gasteiger partial charge in [0.05, 0.1) is 26.4 Å². The van der Waals surface area contributed by atoms with Gasteiger partial charge < -0.3 is 43.4 Å². The Hall–Kier alpha value is -3.10. The van der Waals surface area contributed by atoms with E-state index in [1.54, 1.807) is 0 Å². The van der Waals surface area contributed by atoms with E-state index in [9.17, 15) is 29.4 Å². The highest BCUT2D eigenvalue weighted by Gasteiger charge is 2.37. The molecule has 1 fully saturated rings. The van der Waals surface area contributed by atoms with Crippen LogP contribution in [0.25, 0.3) is 0 Å². The molecular formula is C29H44O13. The van der Waals surface area contributed by atoms with Crippen molar-refractivity contribution in [2.75, 3.05) is 26.4 Å². The lowest BCUT2D eigenvalue weighted by Crippen LogP contribution is -2.48. The third-order valence-electron chi connectivity index (χ3n) is 5.87. The maximum Gasteiger partial charge on any atom is 0.330 e. The van der Waals surface area contributed by atoms with Crippen molar-refractivity contribution in [3.8, 4) is 0 Å². The fraction of sp³-hybridized carbons (Fsp3) is 0.655. The third kappa shape index (κ3) is 17.7. The van der Waals surface area contributed by atoms with Gasteiger partial charge in [-0.1, -0.05) is 19.7 Å². The highest BCUT2D eigenvalue weighted by Crippen LogP contribution is 2.24. The molecule has 13 heteroatoms. The van der Waals surface area contributed by atoms with E-state index in [1.807, 2.05) is 0 Å². The molecule has 238 valence electrons. The Kier molecular flexibility index (Phi) is 19.8. The normalized spacial score (nSPS) is 19.5. The van der Waals surface area contributed by atoms with Crippen molar-refractivity contribution in [2.45, 2.75) is 95.3 Å². The Morgan fingerprint density at radius 3 is 1.93 bits per heavy atom. The van der Waals surface area contributed by atoms with Crippen LogP contribution in [-0.4, -0.2) is 91.6 Å². The number of rotatable bonds is 23. The highest BCUT2D eigenvalue weighted by atomic mass is 16.7. The number of aliphatic hydroxyl groups is 2. The average Bonchev–Trinajstić information content (AvgIpc) is 2.97. The fourth-order valence-electron chi connectivity index (χ4n) is 3.66. The van der Waals surface area contributed by atoms with Crippen molar-refractivity contribution in [1.29, 1.82) is 0 Å². The molecule has 0 aromatic rings. The monoisotopic (exact) mass is 600 g/mol. The molecule has 1 aliphatic rings. The zero-order valence-corrected chi connectivity index (χ0v) is 24.0. The average molecular weight is 601 g/mol. The van der Waals surface area contributed by atoms with Crippen LogP contribution in [-0.2, 0) is 52.3 Å². The lowest BCUT2D eigenvalue weighted by atomic mass is 10.1. The van der Waals surface area contributed by atoms with Gasteiger partial charge in [-0.05, 0) is 51.0 Å². The molecular weight excluding hydrogens is 556 g/mol. The number of carbonyl (C=O) groups excluding carboxylic acids is 4. The van der Waals surface area contributed by atoms with Gasteiger partial charge in [0.25, 0.3) is 0 Å². The number of aliphatic hydroxyl groups excluding tert-OH is 2. The quantitative estimate of drug-likeness (QED) is 0.0437. The molecule has 42 heavy (non-hydrogen) atoms. The lowest BCUT2D eigenvalue weighted by Gasteiger charge is -2.36. The summed E-state index contributed by atoms with van der Waals surface area (Å²) in [4.78, 5) is 46.9.